The molecule has 1 saturated heterocycles. The summed E-state index contributed by atoms with van der Waals surface area (Å²) in [7, 11) is 0. The molecule has 1 heterocycles. The van der Waals surface area contributed by atoms with Crippen molar-refractivity contribution in [3.63, 3.8) is 0 Å². The van der Waals surface area contributed by atoms with Crippen LogP contribution in [-0.2, 0) is 4.79 Å². The van der Waals surface area contributed by atoms with Crippen LogP contribution < -0.4 is 5.32 Å². The van der Waals surface area contributed by atoms with E-state index >= 15 is 0 Å². The third-order valence-electron chi connectivity index (χ3n) is 4.72. The summed E-state index contributed by atoms with van der Waals surface area (Å²) < 4.78 is 31.7. The van der Waals surface area contributed by atoms with E-state index in [0.29, 0.717) is 5.92 Å². The highest BCUT2D eigenvalue weighted by Gasteiger charge is 2.38. The van der Waals surface area contributed by atoms with Crippen molar-refractivity contribution in [3.8, 4) is 0 Å². The normalized spacial score (nSPS) is 14.9. The van der Waals surface area contributed by atoms with Gasteiger partial charge >= 0.3 is 12.1 Å². The van der Waals surface area contributed by atoms with Gasteiger partial charge in [-0.25, -0.2) is 4.79 Å². The zero-order chi connectivity index (χ0) is 20.7. The third kappa shape index (κ3) is 6.27. The number of aryl methyl sites for hydroxylation is 1. The first-order valence-electron chi connectivity index (χ1n) is 9.04. The lowest BCUT2D eigenvalue weighted by Crippen LogP contribution is -2.26. The molecular formula is C21H24F3NO2S. The fraction of sp³-hybridized carbons (Fsp3) is 0.381. The Morgan fingerprint density at radius 3 is 2.21 bits per heavy atom. The van der Waals surface area contributed by atoms with E-state index in [0.717, 1.165) is 13.1 Å². The summed E-state index contributed by atoms with van der Waals surface area (Å²) in [5.41, 5.74) is 4.31. The fourth-order valence-corrected chi connectivity index (χ4v) is 4.19. The van der Waals surface area contributed by atoms with Gasteiger partial charge in [-0.05, 0) is 74.5 Å². The molecule has 1 aliphatic rings. The number of rotatable bonds is 3. The first kappa shape index (κ1) is 22.3. The van der Waals surface area contributed by atoms with Crippen LogP contribution in [0.15, 0.2) is 52.3 Å². The van der Waals surface area contributed by atoms with Crippen LogP contribution in [-0.4, -0.2) is 30.3 Å². The quantitative estimate of drug-likeness (QED) is 0.695. The molecule has 0 saturated carbocycles. The van der Waals surface area contributed by atoms with Gasteiger partial charge in [-0.1, -0.05) is 42.1 Å². The van der Waals surface area contributed by atoms with Gasteiger partial charge < -0.3 is 10.4 Å². The molecule has 0 radical (unpaired) electrons. The second-order valence-corrected chi connectivity index (χ2v) is 7.75. The molecule has 2 aromatic rings. The van der Waals surface area contributed by atoms with Crippen LogP contribution in [0.3, 0.4) is 0 Å². The highest BCUT2D eigenvalue weighted by molar-refractivity contribution is 7.99. The number of carboxylic acid groups (broad SMARTS) is 1. The zero-order valence-electron chi connectivity index (χ0n) is 15.8. The number of halogens is 3. The number of aliphatic carboxylic acids is 1. The van der Waals surface area contributed by atoms with Gasteiger partial charge in [0.05, 0.1) is 0 Å². The predicted octanol–water partition coefficient (Wildman–Crippen LogP) is 5.55. The number of carbonyl (C=O) groups is 1. The monoisotopic (exact) mass is 411 g/mol. The van der Waals surface area contributed by atoms with Gasteiger partial charge in [0, 0.05) is 9.79 Å². The SMILES string of the molecule is Cc1cccc(Sc2ccccc2C2CCNCC2)c1C.O=C(O)C(F)(F)F. The molecule has 3 rings (SSSR count). The Kier molecular flexibility index (Phi) is 7.95. The maximum Gasteiger partial charge on any atom is 0.490 e. The Hall–Kier alpha value is -1.99. The minimum Gasteiger partial charge on any atom is -0.475 e. The molecular weight excluding hydrogens is 387 g/mol. The lowest BCUT2D eigenvalue weighted by molar-refractivity contribution is -0.192. The molecule has 2 aromatic carbocycles. The van der Waals surface area contributed by atoms with E-state index in [1.807, 2.05) is 11.8 Å². The molecule has 7 heteroatoms. The number of hydrogen-bond acceptors (Lipinski definition) is 3. The molecule has 0 bridgehead atoms. The maximum absolute atomic E-state index is 10.6. The van der Waals surface area contributed by atoms with Crippen LogP contribution >= 0.6 is 11.8 Å². The predicted molar refractivity (Wildman–Crippen MR) is 105 cm³/mol. The summed E-state index contributed by atoms with van der Waals surface area (Å²) in [6.07, 6.45) is -2.57. The van der Waals surface area contributed by atoms with Crippen LogP contribution in [0.2, 0.25) is 0 Å². The van der Waals surface area contributed by atoms with Gasteiger partial charge in [-0.15, -0.1) is 0 Å². The van der Waals surface area contributed by atoms with Crippen molar-refractivity contribution in [1.82, 2.24) is 5.32 Å². The molecule has 0 atom stereocenters. The Balaban J connectivity index is 0.000000345. The van der Waals surface area contributed by atoms with Crippen molar-refractivity contribution in [1.29, 1.82) is 0 Å². The summed E-state index contributed by atoms with van der Waals surface area (Å²) in [5.74, 6) is -2.05. The number of nitrogens with one attached hydrogen (secondary N) is 1. The molecule has 0 amide bonds. The van der Waals surface area contributed by atoms with Crippen LogP contribution in [0.1, 0.15) is 35.4 Å². The molecule has 1 aliphatic heterocycles. The zero-order valence-corrected chi connectivity index (χ0v) is 16.7. The summed E-state index contributed by atoms with van der Waals surface area (Å²) in [6, 6.07) is 15.6. The molecule has 0 spiro atoms. The van der Waals surface area contributed by atoms with Gasteiger partial charge in [0.15, 0.2) is 0 Å². The van der Waals surface area contributed by atoms with E-state index in [1.54, 1.807) is 0 Å². The molecule has 152 valence electrons. The van der Waals surface area contributed by atoms with Crippen LogP contribution in [0.5, 0.6) is 0 Å². The number of piperidine rings is 1. The Morgan fingerprint density at radius 2 is 1.61 bits per heavy atom. The molecule has 0 unspecified atom stereocenters. The van der Waals surface area contributed by atoms with Crippen LogP contribution in [0.25, 0.3) is 0 Å². The lowest BCUT2D eigenvalue weighted by atomic mass is 9.90. The summed E-state index contributed by atoms with van der Waals surface area (Å²) >= 11 is 1.93. The van der Waals surface area contributed by atoms with E-state index in [9.17, 15) is 13.2 Å². The first-order valence-corrected chi connectivity index (χ1v) is 9.85. The number of hydrogen-bond donors (Lipinski definition) is 2. The number of alkyl halides is 3. The Labute approximate surface area is 167 Å². The van der Waals surface area contributed by atoms with Crippen LogP contribution in [0, 0.1) is 13.8 Å². The minimum absolute atomic E-state index is 0.708. The molecule has 1 fully saturated rings. The second kappa shape index (κ2) is 9.98. The van der Waals surface area contributed by atoms with Crippen molar-refractivity contribution in [2.24, 2.45) is 0 Å². The van der Waals surface area contributed by atoms with Gasteiger partial charge in [0.2, 0.25) is 0 Å². The molecule has 0 aliphatic carbocycles. The standard InChI is InChI=1S/C19H23NS.C2HF3O2/c1-14-6-5-9-18(15(14)2)21-19-8-4-3-7-17(19)16-10-12-20-13-11-16;3-2(4,5)1(6)7/h3-9,16,20H,10-13H2,1-2H3;(H,6,7). The van der Waals surface area contributed by atoms with Crippen molar-refractivity contribution in [2.75, 3.05) is 13.1 Å². The maximum atomic E-state index is 10.6. The number of carboxylic acids is 1. The Bertz CT molecular complexity index is 802. The van der Waals surface area contributed by atoms with Gasteiger partial charge in [0.25, 0.3) is 0 Å². The van der Waals surface area contributed by atoms with Gasteiger partial charge in [-0.3, -0.25) is 0 Å². The van der Waals surface area contributed by atoms with Crippen molar-refractivity contribution < 1.29 is 23.1 Å². The van der Waals surface area contributed by atoms with Gasteiger partial charge in [-0.2, -0.15) is 13.2 Å². The molecule has 2 N–H and O–H groups in total. The molecule has 3 nitrogen and oxygen atoms in total. The first-order chi connectivity index (χ1) is 13.2. The van der Waals surface area contributed by atoms with E-state index in [4.69, 9.17) is 9.90 Å². The average Bonchev–Trinajstić information content (AvgIpc) is 2.66. The fourth-order valence-electron chi connectivity index (χ4n) is 3.00. The van der Waals surface area contributed by atoms with Crippen LogP contribution in [0.4, 0.5) is 13.2 Å². The van der Waals surface area contributed by atoms with E-state index < -0.39 is 12.1 Å². The van der Waals surface area contributed by atoms with Gasteiger partial charge in [0.1, 0.15) is 0 Å². The van der Waals surface area contributed by atoms with Crippen molar-refractivity contribution in [2.45, 2.75) is 48.6 Å². The van der Waals surface area contributed by atoms with E-state index in [2.05, 4.69) is 61.6 Å². The minimum atomic E-state index is -5.08. The van der Waals surface area contributed by atoms with Crippen molar-refractivity contribution in [3.05, 3.63) is 59.2 Å². The van der Waals surface area contributed by atoms with Crippen molar-refractivity contribution >= 4 is 17.7 Å². The molecule has 28 heavy (non-hydrogen) atoms. The highest BCUT2D eigenvalue weighted by atomic mass is 32.2. The average molecular weight is 411 g/mol. The summed E-state index contributed by atoms with van der Waals surface area (Å²) in [5, 5.41) is 10.6. The Morgan fingerprint density at radius 1 is 1.04 bits per heavy atom. The number of benzene rings is 2. The molecule has 0 aromatic heterocycles. The summed E-state index contributed by atoms with van der Waals surface area (Å²) in [4.78, 5) is 11.7. The van der Waals surface area contributed by atoms with E-state index in [-0.39, 0.29) is 0 Å². The summed E-state index contributed by atoms with van der Waals surface area (Å²) in [6.45, 7) is 6.71. The smallest absolute Gasteiger partial charge is 0.475 e. The topological polar surface area (TPSA) is 49.3 Å². The largest absolute Gasteiger partial charge is 0.490 e. The van der Waals surface area contributed by atoms with E-state index in [1.165, 1.54) is 39.3 Å². The second-order valence-electron chi connectivity index (χ2n) is 6.67. The lowest BCUT2D eigenvalue weighted by Gasteiger charge is -2.25. The highest BCUT2D eigenvalue weighted by Crippen LogP contribution is 2.38. The third-order valence-corrected chi connectivity index (χ3v) is 5.97.